The standard InChI is InChI=1S/C26H23Cl2N3O6/c1-14-23-19(30-31-22(32)13-36-20-11-10-15(27)12-17(20)28)8-5-9-21(23)37-24(14)25(33)29-18-7-4-3-6-16(18)26(34)35-2/h3-4,6-7,10-12H,5,8-9,13H2,1-2H3,(H,29,33)(H,31,32)/b30-19+. The molecular weight excluding hydrogens is 521 g/mol. The number of amides is 2. The largest absolute Gasteiger partial charge is 0.482 e. The number of carbonyl (C=O) groups is 3. The van der Waals surface area contributed by atoms with Gasteiger partial charge in [0.15, 0.2) is 12.4 Å². The zero-order valence-electron chi connectivity index (χ0n) is 20.0. The Kier molecular flexibility index (Phi) is 8.15. The van der Waals surface area contributed by atoms with Gasteiger partial charge >= 0.3 is 5.97 Å². The topological polar surface area (TPSA) is 119 Å². The number of halogens is 2. The number of nitrogens with zero attached hydrogens (tertiary/aromatic N) is 1. The Labute approximate surface area is 222 Å². The molecule has 2 N–H and O–H groups in total. The fraction of sp³-hybridized carbons (Fsp3) is 0.231. The van der Waals surface area contributed by atoms with E-state index < -0.39 is 17.8 Å². The molecule has 0 bridgehead atoms. The highest BCUT2D eigenvalue weighted by molar-refractivity contribution is 6.35. The zero-order valence-corrected chi connectivity index (χ0v) is 21.5. The van der Waals surface area contributed by atoms with E-state index in [1.54, 1.807) is 43.3 Å². The second-order valence-electron chi connectivity index (χ2n) is 8.16. The van der Waals surface area contributed by atoms with Crippen LogP contribution in [0, 0.1) is 6.92 Å². The molecular formula is C26H23Cl2N3O6. The molecule has 0 fully saturated rings. The number of esters is 1. The first-order chi connectivity index (χ1) is 17.8. The minimum absolute atomic E-state index is 0.103. The number of furan rings is 1. The molecule has 0 saturated carbocycles. The van der Waals surface area contributed by atoms with Gasteiger partial charge in [0.25, 0.3) is 11.8 Å². The minimum Gasteiger partial charge on any atom is -0.482 e. The van der Waals surface area contributed by atoms with E-state index in [-0.39, 0.29) is 23.0 Å². The van der Waals surface area contributed by atoms with Crippen LogP contribution >= 0.6 is 23.2 Å². The average Bonchev–Trinajstić information content (AvgIpc) is 3.24. The van der Waals surface area contributed by atoms with Crippen molar-refractivity contribution in [3.63, 3.8) is 0 Å². The maximum Gasteiger partial charge on any atom is 0.339 e. The molecule has 0 spiro atoms. The summed E-state index contributed by atoms with van der Waals surface area (Å²) in [5, 5.41) is 7.73. The van der Waals surface area contributed by atoms with E-state index in [1.165, 1.54) is 13.2 Å². The number of aryl methyl sites for hydroxylation is 1. The third-order valence-corrected chi connectivity index (χ3v) is 6.21. The van der Waals surface area contributed by atoms with E-state index in [1.807, 2.05) is 0 Å². The fourth-order valence-corrected chi connectivity index (χ4v) is 4.42. The predicted octanol–water partition coefficient (Wildman–Crippen LogP) is 5.17. The van der Waals surface area contributed by atoms with Gasteiger partial charge in [-0.05, 0) is 50.1 Å². The van der Waals surface area contributed by atoms with Crippen molar-refractivity contribution in [1.82, 2.24) is 5.43 Å². The molecule has 1 aromatic heterocycles. The maximum atomic E-state index is 13.1. The molecule has 9 nitrogen and oxygen atoms in total. The Morgan fingerprint density at radius 1 is 1.11 bits per heavy atom. The lowest BCUT2D eigenvalue weighted by atomic mass is 9.93. The summed E-state index contributed by atoms with van der Waals surface area (Å²) in [5.74, 6) is -0.537. The van der Waals surface area contributed by atoms with E-state index in [9.17, 15) is 14.4 Å². The summed E-state index contributed by atoms with van der Waals surface area (Å²) in [6.07, 6.45) is 1.94. The molecule has 0 unspecified atom stereocenters. The smallest absolute Gasteiger partial charge is 0.339 e. The number of carbonyl (C=O) groups excluding carboxylic acids is 3. The van der Waals surface area contributed by atoms with Gasteiger partial charge in [0.1, 0.15) is 11.5 Å². The van der Waals surface area contributed by atoms with Crippen molar-refractivity contribution in [3.8, 4) is 5.75 Å². The molecule has 11 heteroatoms. The summed E-state index contributed by atoms with van der Waals surface area (Å²) in [6.45, 7) is 1.44. The highest BCUT2D eigenvalue weighted by atomic mass is 35.5. The molecule has 0 aliphatic heterocycles. The van der Waals surface area contributed by atoms with Crippen molar-refractivity contribution in [1.29, 1.82) is 0 Å². The number of methoxy groups -OCH3 is 1. The number of nitrogens with one attached hydrogen (secondary N) is 2. The third kappa shape index (κ3) is 5.95. The summed E-state index contributed by atoms with van der Waals surface area (Å²) in [7, 11) is 1.27. The van der Waals surface area contributed by atoms with Crippen molar-refractivity contribution in [2.24, 2.45) is 5.10 Å². The Hall–Kier alpha value is -3.82. The Morgan fingerprint density at radius 2 is 1.89 bits per heavy atom. The van der Waals surface area contributed by atoms with Crippen LogP contribution in [0.1, 0.15) is 50.6 Å². The fourth-order valence-electron chi connectivity index (χ4n) is 3.95. The Morgan fingerprint density at radius 3 is 2.65 bits per heavy atom. The average molecular weight is 544 g/mol. The molecule has 1 aliphatic carbocycles. The number of hydrogen-bond donors (Lipinski definition) is 2. The molecule has 37 heavy (non-hydrogen) atoms. The van der Waals surface area contributed by atoms with Gasteiger partial charge in [-0.15, -0.1) is 0 Å². The van der Waals surface area contributed by atoms with Crippen molar-refractivity contribution in [3.05, 3.63) is 80.7 Å². The van der Waals surface area contributed by atoms with Crippen LogP contribution in [-0.4, -0.2) is 37.2 Å². The summed E-state index contributed by atoms with van der Waals surface area (Å²) >= 11 is 11.9. The van der Waals surface area contributed by atoms with Crippen LogP contribution in [0.5, 0.6) is 5.75 Å². The first-order valence-electron chi connectivity index (χ1n) is 11.3. The minimum atomic E-state index is -0.571. The Balaban J connectivity index is 1.48. The van der Waals surface area contributed by atoms with Crippen LogP contribution in [0.15, 0.2) is 52.0 Å². The number of fused-ring (bicyclic) bond motifs is 1. The van der Waals surface area contributed by atoms with Crippen molar-refractivity contribution >= 4 is 52.4 Å². The zero-order chi connectivity index (χ0) is 26.5. The number of hydrazone groups is 1. The molecule has 192 valence electrons. The highest BCUT2D eigenvalue weighted by Gasteiger charge is 2.28. The molecule has 1 heterocycles. The number of anilines is 1. The van der Waals surface area contributed by atoms with Crippen LogP contribution in [0.2, 0.25) is 10.0 Å². The molecule has 3 aromatic rings. The van der Waals surface area contributed by atoms with Gasteiger partial charge in [-0.1, -0.05) is 35.3 Å². The van der Waals surface area contributed by atoms with Crippen molar-refractivity contribution < 1.29 is 28.3 Å². The first kappa shape index (κ1) is 26.2. The van der Waals surface area contributed by atoms with E-state index in [4.69, 9.17) is 37.1 Å². The molecule has 2 aromatic carbocycles. The molecule has 0 radical (unpaired) electrons. The summed E-state index contributed by atoms with van der Waals surface area (Å²) in [6, 6.07) is 11.2. The van der Waals surface area contributed by atoms with Crippen LogP contribution in [-0.2, 0) is 16.0 Å². The number of hydrogen-bond acceptors (Lipinski definition) is 7. The monoisotopic (exact) mass is 543 g/mol. The molecule has 4 rings (SSSR count). The van der Waals surface area contributed by atoms with E-state index in [0.717, 1.165) is 6.42 Å². The summed E-state index contributed by atoms with van der Waals surface area (Å²) < 4.78 is 16.1. The molecule has 1 aliphatic rings. The van der Waals surface area contributed by atoms with Gasteiger partial charge in [-0.3, -0.25) is 9.59 Å². The molecule has 0 saturated heterocycles. The third-order valence-electron chi connectivity index (χ3n) is 5.68. The highest BCUT2D eigenvalue weighted by Crippen LogP contribution is 2.31. The van der Waals surface area contributed by atoms with E-state index in [2.05, 4.69) is 15.8 Å². The first-order valence-corrected chi connectivity index (χ1v) is 12.1. The predicted molar refractivity (Wildman–Crippen MR) is 139 cm³/mol. The van der Waals surface area contributed by atoms with Crippen molar-refractivity contribution in [2.75, 3.05) is 19.0 Å². The van der Waals surface area contributed by atoms with Crippen LogP contribution in [0.25, 0.3) is 0 Å². The van der Waals surface area contributed by atoms with E-state index >= 15 is 0 Å². The second kappa shape index (κ2) is 11.5. The number of para-hydroxylation sites is 1. The van der Waals surface area contributed by atoms with Gasteiger partial charge in [-0.25, -0.2) is 10.2 Å². The van der Waals surface area contributed by atoms with Gasteiger partial charge in [0.05, 0.1) is 29.1 Å². The maximum absolute atomic E-state index is 13.1. The van der Waals surface area contributed by atoms with Crippen LogP contribution in [0.3, 0.4) is 0 Å². The van der Waals surface area contributed by atoms with Gasteiger partial charge in [-0.2, -0.15) is 5.10 Å². The van der Waals surface area contributed by atoms with Gasteiger partial charge in [0.2, 0.25) is 0 Å². The lowest BCUT2D eigenvalue weighted by molar-refractivity contribution is -0.123. The van der Waals surface area contributed by atoms with Crippen LogP contribution in [0.4, 0.5) is 5.69 Å². The molecule has 2 amide bonds. The van der Waals surface area contributed by atoms with Gasteiger partial charge < -0.3 is 19.2 Å². The van der Waals surface area contributed by atoms with Crippen LogP contribution < -0.4 is 15.5 Å². The molecule has 0 atom stereocenters. The lowest BCUT2D eigenvalue weighted by Crippen LogP contribution is -2.27. The van der Waals surface area contributed by atoms with E-state index in [0.29, 0.717) is 51.9 Å². The number of ether oxygens (including phenoxy) is 2. The number of rotatable bonds is 7. The van der Waals surface area contributed by atoms with Crippen molar-refractivity contribution in [2.45, 2.75) is 26.2 Å². The number of benzene rings is 2. The SMILES string of the molecule is COC(=O)c1ccccc1NC(=O)c1oc2c(c1C)/C(=N/NC(=O)COc1ccc(Cl)cc1Cl)CCC2. The second-order valence-corrected chi connectivity index (χ2v) is 9.00. The summed E-state index contributed by atoms with van der Waals surface area (Å²) in [5.41, 5.74) is 4.87. The van der Waals surface area contributed by atoms with Gasteiger partial charge in [0, 0.05) is 22.6 Å². The summed E-state index contributed by atoms with van der Waals surface area (Å²) in [4.78, 5) is 37.4. The quantitative estimate of drug-likeness (QED) is 0.313. The lowest BCUT2D eigenvalue weighted by Gasteiger charge is -2.13. The Bertz CT molecular complexity index is 1400. The normalized spacial score (nSPS) is 13.6.